The summed E-state index contributed by atoms with van der Waals surface area (Å²) in [6.45, 7) is 0.409. The van der Waals surface area contributed by atoms with Crippen LogP contribution in [0.15, 0.2) is 0 Å². The first-order valence-electron chi connectivity index (χ1n) is 3.51. The standard InChI is InChI=1S/C6H11BO3/c7-4-1-5(9)6(2-4)10-3-8/h3-6,9H,1-2,7H2. The molecule has 1 aliphatic rings. The van der Waals surface area contributed by atoms with E-state index in [9.17, 15) is 9.90 Å². The van der Waals surface area contributed by atoms with Gasteiger partial charge in [0.1, 0.15) is 14.0 Å². The minimum absolute atomic E-state index is 0.257. The van der Waals surface area contributed by atoms with Gasteiger partial charge < -0.3 is 9.84 Å². The Balaban J connectivity index is 2.38. The molecule has 0 bridgehead atoms. The fourth-order valence-corrected chi connectivity index (χ4v) is 1.43. The van der Waals surface area contributed by atoms with Gasteiger partial charge in [-0.25, -0.2) is 0 Å². The van der Waals surface area contributed by atoms with Gasteiger partial charge in [0.15, 0.2) is 0 Å². The van der Waals surface area contributed by atoms with E-state index in [0.29, 0.717) is 12.3 Å². The largest absolute Gasteiger partial charge is 0.462 e. The van der Waals surface area contributed by atoms with Gasteiger partial charge in [0, 0.05) is 0 Å². The maximum Gasteiger partial charge on any atom is 0.293 e. The van der Waals surface area contributed by atoms with Crippen molar-refractivity contribution in [2.75, 3.05) is 0 Å². The first kappa shape index (κ1) is 7.60. The van der Waals surface area contributed by atoms with E-state index in [1.54, 1.807) is 0 Å². The van der Waals surface area contributed by atoms with E-state index in [1.165, 1.54) is 0 Å². The zero-order valence-corrected chi connectivity index (χ0v) is 5.99. The molecule has 3 unspecified atom stereocenters. The molecule has 0 radical (unpaired) electrons. The maximum absolute atomic E-state index is 9.88. The van der Waals surface area contributed by atoms with Crippen LogP contribution in [0.25, 0.3) is 0 Å². The molecule has 1 aliphatic carbocycles. The average Bonchev–Trinajstić information content (AvgIpc) is 2.13. The predicted molar refractivity (Wildman–Crippen MR) is 38.5 cm³/mol. The highest BCUT2D eigenvalue weighted by atomic mass is 16.5. The maximum atomic E-state index is 9.88. The molecule has 0 amide bonds. The van der Waals surface area contributed by atoms with Crippen molar-refractivity contribution in [2.45, 2.75) is 30.9 Å². The Hall–Kier alpha value is -0.505. The number of aliphatic hydroxyl groups excluding tert-OH is 1. The number of ether oxygens (including phenoxy) is 1. The van der Waals surface area contributed by atoms with Crippen LogP contribution in [0.1, 0.15) is 12.8 Å². The molecular weight excluding hydrogens is 131 g/mol. The third-order valence-corrected chi connectivity index (χ3v) is 1.94. The van der Waals surface area contributed by atoms with Crippen molar-refractivity contribution >= 4 is 14.3 Å². The smallest absolute Gasteiger partial charge is 0.293 e. The second kappa shape index (κ2) is 3.06. The van der Waals surface area contributed by atoms with Crippen LogP contribution in [0.5, 0.6) is 0 Å². The predicted octanol–water partition coefficient (Wildman–Crippen LogP) is -0.896. The molecular formula is C6H11BO3. The third kappa shape index (κ3) is 1.50. The highest BCUT2D eigenvalue weighted by molar-refractivity contribution is 6.11. The van der Waals surface area contributed by atoms with Gasteiger partial charge in [0.25, 0.3) is 6.47 Å². The van der Waals surface area contributed by atoms with Crippen LogP contribution in [0.4, 0.5) is 0 Å². The molecule has 0 saturated heterocycles. The minimum Gasteiger partial charge on any atom is -0.462 e. The quantitative estimate of drug-likeness (QED) is 0.401. The van der Waals surface area contributed by atoms with Crippen LogP contribution in [0.2, 0.25) is 5.82 Å². The number of aliphatic hydroxyl groups is 1. The van der Waals surface area contributed by atoms with Gasteiger partial charge in [-0.1, -0.05) is 5.82 Å². The van der Waals surface area contributed by atoms with Crippen molar-refractivity contribution in [1.82, 2.24) is 0 Å². The second-order valence-electron chi connectivity index (χ2n) is 2.91. The average molecular weight is 142 g/mol. The van der Waals surface area contributed by atoms with E-state index >= 15 is 0 Å². The summed E-state index contributed by atoms with van der Waals surface area (Å²) in [5, 5.41) is 9.21. The molecule has 0 aromatic carbocycles. The molecule has 0 aliphatic heterocycles. The summed E-state index contributed by atoms with van der Waals surface area (Å²) < 4.78 is 4.65. The summed E-state index contributed by atoms with van der Waals surface area (Å²) >= 11 is 0. The molecule has 3 nitrogen and oxygen atoms in total. The third-order valence-electron chi connectivity index (χ3n) is 1.94. The van der Waals surface area contributed by atoms with E-state index < -0.39 is 6.10 Å². The number of carbonyl (C=O) groups excluding carboxylic acids is 1. The molecule has 1 rings (SSSR count). The van der Waals surface area contributed by atoms with E-state index in [-0.39, 0.29) is 6.10 Å². The molecule has 3 atom stereocenters. The second-order valence-corrected chi connectivity index (χ2v) is 2.91. The zero-order chi connectivity index (χ0) is 7.56. The monoisotopic (exact) mass is 142 g/mol. The highest BCUT2D eigenvalue weighted by Crippen LogP contribution is 2.29. The van der Waals surface area contributed by atoms with Gasteiger partial charge in [-0.05, 0) is 12.8 Å². The van der Waals surface area contributed by atoms with Crippen molar-refractivity contribution in [3.05, 3.63) is 0 Å². The lowest BCUT2D eigenvalue weighted by molar-refractivity contribution is -0.137. The molecule has 1 N–H and O–H groups in total. The van der Waals surface area contributed by atoms with Gasteiger partial charge in [-0.3, -0.25) is 4.79 Å². The van der Waals surface area contributed by atoms with Crippen LogP contribution in [0, 0.1) is 0 Å². The fraction of sp³-hybridized carbons (Fsp3) is 0.833. The molecule has 0 aromatic heterocycles. The van der Waals surface area contributed by atoms with Gasteiger partial charge in [0.2, 0.25) is 0 Å². The lowest BCUT2D eigenvalue weighted by Crippen LogP contribution is -2.21. The Morgan fingerprint density at radius 2 is 2.30 bits per heavy atom. The van der Waals surface area contributed by atoms with Crippen molar-refractivity contribution in [3.63, 3.8) is 0 Å². The minimum atomic E-state index is -0.444. The summed E-state index contributed by atoms with van der Waals surface area (Å²) in [7, 11) is 2.04. The van der Waals surface area contributed by atoms with E-state index in [1.807, 2.05) is 7.85 Å². The Morgan fingerprint density at radius 3 is 2.70 bits per heavy atom. The van der Waals surface area contributed by atoms with Crippen LogP contribution >= 0.6 is 0 Å². The Morgan fingerprint density at radius 1 is 1.60 bits per heavy atom. The molecule has 0 heterocycles. The van der Waals surface area contributed by atoms with E-state index in [0.717, 1.165) is 12.8 Å². The summed E-state index contributed by atoms with van der Waals surface area (Å²) in [6, 6.07) is 0. The van der Waals surface area contributed by atoms with Gasteiger partial charge in [-0.15, -0.1) is 0 Å². The van der Waals surface area contributed by atoms with Crippen molar-refractivity contribution in [3.8, 4) is 0 Å². The summed E-state index contributed by atoms with van der Waals surface area (Å²) in [5.74, 6) is 0.472. The molecule has 10 heavy (non-hydrogen) atoms. The first-order chi connectivity index (χ1) is 4.74. The number of hydrogen-bond donors (Lipinski definition) is 1. The number of hydrogen-bond acceptors (Lipinski definition) is 3. The summed E-state index contributed by atoms with van der Waals surface area (Å²) in [5.41, 5.74) is 0. The van der Waals surface area contributed by atoms with Crippen molar-refractivity contribution in [2.24, 2.45) is 0 Å². The van der Waals surface area contributed by atoms with Crippen LogP contribution in [-0.4, -0.2) is 31.6 Å². The van der Waals surface area contributed by atoms with Gasteiger partial charge >= 0.3 is 0 Å². The molecule has 4 heteroatoms. The Bertz CT molecular complexity index is 128. The summed E-state index contributed by atoms with van der Waals surface area (Å²) in [4.78, 5) is 9.88. The lowest BCUT2D eigenvalue weighted by Gasteiger charge is -2.10. The van der Waals surface area contributed by atoms with Crippen molar-refractivity contribution < 1.29 is 14.6 Å². The highest BCUT2D eigenvalue weighted by Gasteiger charge is 2.31. The summed E-state index contributed by atoms with van der Waals surface area (Å²) in [6.07, 6.45) is 0.839. The number of carbonyl (C=O) groups is 1. The molecule has 0 spiro atoms. The topological polar surface area (TPSA) is 46.5 Å². The Kier molecular flexibility index (Phi) is 2.32. The SMILES string of the molecule is BC1CC(O)C(OC=O)C1. The van der Waals surface area contributed by atoms with Crippen LogP contribution in [0.3, 0.4) is 0 Å². The fourth-order valence-electron chi connectivity index (χ4n) is 1.43. The van der Waals surface area contributed by atoms with E-state index in [2.05, 4.69) is 4.74 Å². The van der Waals surface area contributed by atoms with Crippen LogP contribution in [-0.2, 0) is 9.53 Å². The zero-order valence-electron chi connectivity index (χ0n) is 5.99. The Labute approximate surface area is 60.8 Å². The number of rotatable bonds is 2. The molecule has 1 fully saturated rings. The van der Waals surface area contributed by atoms with Crippen molar-refractivity contribution in [1.29, 1.82) is 0 Å². The molecule has 56 valence electrons. The first-order valence-corrected chi connectivity index (χ1v) is 3.51. The van der Waals surface area contributed by atoms with Gasteiger partial charge in [0.05, 0.1) is 6.10 Å². The molecule has 1 saturated carbocycles. The van der Waals surface area contributed by atoms with Gasteiger partial charge in [-0.2, -0.15) is 0 Å². The van der Waals surface area contributed by atoms with E-state index in [4.69, 9.17) is 0 Å². The molecule has 0 aromatic rings. The lowest BCUT2D eigenvalue weighted by atomic mass is 9.86. The normalized spacial score (nSPS) is 39.5. The van der Waals surface area contributed by atoms with Crippen LogP contribution < -0.4 is 0 Å².